The third-order valence-corrected chi connectivity index (χ3v) is 6.15. The SMILES string of the molecule is O=C(c1ccccc1Cl)N1C[C@H]2COCC[C@@]2(O)[C@@H]2COCC[C@H]21. The van der Waals surface area contributed by atoms with E-state index in [1.54, 1.807) is 12.1 Å². The van der Waals surface area contributed by atoms with E-state index in [1.165, 1.54) is 0 Å². The number of aliphatic hydroxyl groups is 1. The van der Waals surface area contributed by atoms with Crippen LogP contribution in [-0.4, -0.2) is 60.5 Å². The first-order chi connectivity index (χ1) is 11.6. The van der Waals surface area contributed by atoms with Gasteiger partial charge >= 0.3 is 0 Å². The Balaban J connectivity index is 1.68. The van der Waals surface area contributed by atoms with Gasteiger partial charge in [0.25, 0.3) is 5.91 Å². The van der Waals surface area contributed by atoms with Crippen LogP contribution in [0.2, 0.25) is 5.02 Å². The van der Waals surface area contributed by atoms with Gasteiger partial charge < -0.3 is 19.5 Å². The van der Waals surface area contributed by atoms with Crippen LogP contribution in [0.1, 0.15) is 23.2 Å². The lowest BCUT2D eigenvalue weighted by Crippen LogP contribution is -2.68. The molecule has 1 aromatic rings. The van der Waals surface area contributed by atoms with Crippen molar-refractivity contribution < 1.29 is 19.4 Å². The summed E-state index contributed by atoms with van der Waals surface area (Å²) in [5.74, 6) is -0.217. The molecular formula is C18H22ClNO4. The molecule has 0 radical (unpaired) electrons. The van der Waals surface area contributed by atoms with Crippen molar-refractivity contribution in [3.63, 3.8) is 0 Å². The molecule has 3 heterocycles. The predicted molar refractivity (Wildman–Crippen MR) is 89.1 cm³/mol. The van der Waals surface area contributed by atoms with Gasteiger partial charge in [0.05, 0.1) is 29.4 Å². The Labute approximate surface area is 146 Å². The molecule has 3 saturated heterocycles. The lowest BCUT2D eigenvalue weighted by Gasteiger charge is -2.57. The van der Waals surface area contributed by atoms with Crippen molar-refractivity contribution in [1.29, 1.82) is 0 Å². The fraction of sp³-hybridized carbons (Fsp3) is 0.611. The minimum absolute atomic E-state index is 0.0122. The van der Waals surface area contributed by atoms with Crippen LogP contribution in [0.5, 0.6) is 0 Å². The minimum atomic E-state index is -0.805. The summed E-state index contributed by atoms with van der Waals surface area (Å²) in [6, 6.07) is 7.13. The number of rotatable bonds is 1. The number of carbonyl (C=O) groups excluding carboxylic acids is 1. The van der Waals surface area contributed by atoms with Gasteiger partial charge in [-0.15, -0.1) is 0 Å². The number of nitrogens with zero attached hydrogens (tertiary/aromatic N) is 1. The maximum absolute atomic E-state index is 13.1. The van der Waals surface area contributed by atoms with Crippen LogP contribution in [0.4, 0.5) is 0 Å². The highest BCUT2D eigenvalue weighted by Crippen LogP contribution is 2.44. The first-order valence-corrected chi connectivity index (χ1v) is 8.92. The minimum Gasteiger partial charge on any atom is -0.389 e. The Hall–Kier alpha value is -1.14. The molecule has 24 heavy (non-hydrogen) atoms. The highest BCUT2D eigenvalue weighted by atomic mass is 35.5. The lowest BCUT2D eigenvalue weighted by atomic mass is 9.66. The number of fused-ring (bicyclic) bond motifs is 3. The van der Waals surface area contributed by atoms with E-state index >= 15 is 0 Å². The van der Waals surface area contributed by atoms with Crippen LogP contribution in [0.15, 0.2) is 24.3 Å². The maximum Gasteiger partial charge on any atom is 0.255 e. The van der Waals surface area contributed by atoms with Crippen molar-refractivity contribution in [1.82, 2.24) is 4.90 Å². The second-order valence-corrected chi connectivity index (χ2v) is 7.40. The van der Waals surface area contributed by atoms with Crippen LogP contribution in [-0.2, 0) is 9.47 Å². The molecule has 3 aliphatic heterocycles. The lowest BCUT2D eigenvalue weighted by molar-refractivity contribution is -0.212. The Bertz CT molecular complexity index is 639. The summed E-state index contributed by atoms with van der Waals surface area (Å²) in [5, 5.41) is 11.8. The number of likely N-dealkylation sites (tertiary alicyclic amines) is 1. The Morgan fingerprint density at radius 3 is 2.88 bits per heavy atom. The van der Waals surface area contributed by atoms with Gasteiger partial charge in [-0.05, 0) is 18.6 Å². The van der Waals surface area contributed by atoms with E-state index in [1.807, 2.05) is 17.0 Å². The highest BCUT2D eigenvalue weighted by Gasteiger charge is 2.56. The van der Waals surface area contributed by atoms with Gasteiger partial charge in [0, 0.05) is 44.1 Å². The van der Waals surface area contributed by atoms with Crippen LogP contribution in [0.3, 0.4) is 0 Å². The Kier molecular flexibility index (Phi) is 4.29. The molecule has 1 aromatic carbocycles. The molecule has 0 unspecified atom stereocenters. The van der Waals surface area contributed by atoms with E-state index in [-0.39, 0.29) is 23.8 Å². The molecule has 0 aliphatic carbocycles. The van der Waals surface area contributed by atoms with Crippen molar-refractivity contribution in [2.45, 2.75) is 24.5 Å². The zero-order valence-corrected chi connectivity index (χ0v) is 14.2. The molecule has 4 atom stereocenters. The largest absolute Gasteiger partial charge is 0.389 e. The van der Waals surface area contributed by atoms with E-state index in [2.05, 4.69) is 0 Å². The van der Waals surface area contributed by atoms with Crippen LogP contribution in [0, 0.1) is 11.8 Å². The van der Waals surface area contributed by atoms with Gasteiger partial charge in [0.2, 0.25) is 0 Å². The zero-order valence-electron chi connectivity index (χ0n) is 13.5. The van der Waals surface area contributed by atoms with Crippen molar-refractivity contribution in [3.05, 3.63) is 34.9 Å². The van der Waals surface area contributed by atoms with Gasteiger partial charge in [-0.25, -0.2) is 0 Å². The molecular weight excluding hydrogens is 330 g/mol. The molecule has 3 aliphatic rings. The molecule has 0 saturated carbocycles. The van der Waals surface area contributed by atoms with Crippen molar-refractivity contribution in [2.75, 3.05) is 33.0 Å². The van der Waals surface area contributed by atoms with Crippen LogP contribution in [0.25, 0.3) is 0 Å². The summed E-state index contributed by atoms with van der Waals surface area (Å²) in [4.78, 5) is 15.0. The number of piperidine rings is 1. The second-order valence-electron chi connectivity index (χ2n) is 6.99. The van der Waals surface area contributed by atoms with Gasteiger partial charge in [-0.3, -0.25) is 4.79 Å². The van der Waals surface area contributed by atoms with Crippen molar-refractivity contribution in [2.24, 2.45) is 11.8 Å². The molecule has 1 N–H and O–H groups in total. The van der Waals surface area contributed by atoms with E-state index < -0.39 is 5.60 Å². The van der Waals surface area contributed by atoms with E-state index in [9.17, 15) is 9.90 Å². The third kappa shape index (κ3) is 2.54. The zero-order chi connectivity index (χ0) is 16.7. The number of halogens is 1. The predicted octanol–water partition coefficient (Wildman–Crippen LogP) is 1.97. The maximum atomic E-state index is 13.1. The normalized spacial score (nSPS) is 35.9. The van der Waals surface area contributed by atoms with E-state index in [4.69, 9.17) is 21.1 Å². The highest BCUT2D eigenvalue weighted by molar-refractivity contribution is 6.33. The second kappa shape index (κ2) is 6.30. The van der Waals surface area contributed by atoms with Gasteiger partial charge in [-0.1, -0.05) is 23.7 Å². The van der Waals surface area contributed by atoms with E-state index in [0.717, 1.165) is 6.42 Å². The molecule has 130 valence electrons. The first-order valence-electron chi connectivity index (χ1n) is 8.54. The Morgan fingerprint density at radius 2 is 2.04 bits per heavy atom. The number of benzene rings is 1. The average molecular weight is 352 g/mol. The monoisotopic (exact) mass is 351 g/mol. The molecule has 6 heteroatoms. The van der Waals surface area contributed by atoms with Gasteiger partial charge in [0.15, 0.2) is 0 Å². The van der Waals surface area contributed by atoms with Crippen LogP contribution >= 0.6 is 11.6 Å². The quantitative estimate of drug-likeness (QED) is 0.840. The van der Waals surface area contributed by atoms with Crippen molar-refractivity contribution in [3.8, 4) is 0 Å². The Morgan fingerprint density at radius 1 is 1.25 bits per heavy atom. The first kappa shape index (κ1) is 16.3. The number of ether oxygens (including phenoxy) is 2. The molecule has 5 nitrogen and oxygen atoms in total. The summed E-state index contributed by atoms with van der Waals surface area (Å²) < 4.78 is 11.2. The van der Waals surface area contributed by atoms with Crippen molar-refractivity contribution >= 4 is 17.5 Å². The molecule has 3 fully saturated rings. The van der Waals surface area contributed by atoms with Gasteiger partial charge in [0.1, 0.15) is 0 Å². The smallest absolute Gasteiger partial charge is 0.255 e. The summed E-state index contributed by atoms with van der Waals surface area (Å²) >= 11 is 6.23. The number of hydrogen-bond donors (Lipinski definition) is 1. The fourth-order valence-electron chi connectivity index (χ4n) is 4.48. The summed E-state index contributed by atoms with van der Waals surface area (Å²) in [6.45, 7) is 2.65. The average Bonchev–Trinajstić information content (AvgIpc) is 2.61. The van der Waals surface area contributed by atoms with E-state index in [0.29, 0.717) is 50.0 Å². The molecule has 0 bridgehead atoms. The van der Waals surface area contributed by atoms with Crippen LogP contribution < -0.4 is 0 Å². The topological polar surface area (TPSA) is 59.0 Å². The summed E-state index contributed by atoms with van der Waals surface area (Å²) in [7, 11) is 0. The fourth-order valence-corrected chi connectivity index (χ4v) is 4.70. The molecule has 0 aromatic heterocycles. The van der Waals surface area contributed by atoms with Gasteiger partial charge in [-0.2, -0.15) is 0 Å². The number of hydrogen-bond acceptors (Lipinski definition) is 4. The third-order valence-electron chi connectivity index (χ3n) is 5.82. The summed E-state index contributed by atoms with van der Waals surface area (Å²) in [5.41, 5.74) is -0.285. The molecule has 1 amide bonds. The standard InChI is InChI=1S/C18H22ClNO4/c19-15-4-2-1-3-13(15)17(21)20-9-12-10-24-8-6-18(12,22)14-11-23-7-5-16(14)20/h1-4,12,14,16,22H,5-11H2/t12-,14+,16+,18-/m0/s1. The number of amides is 1. The molecule has 0 spiro atoms. The molecule has 4 rings (SSSR count). The summed E-state index contributed by atoms with van der Waals surface area (Å²) in [6.07, 6.45) is 1.35. The number of carbonyl (C=O) groups is 1.